The zero-order valence-corrected chi connectivity index (χ0v) is 16.7. The number of hydrogen-bond donors (Lipinski definition) is 1. The number of benzene rings is 1. The minimum atomic E-state index is -0.325. The minimum Gasteiger partial charge on any atom is -0.395 e. The number of amides is 1. The van der Waals surface area contributed by atoms with E-state index in [0.717, 1.165) is 51.8 Å². The van der Waals surface area contributed by atoms with Crippen LogP contribution in [0.4, 0.5) is 4.39 Å². The van der Waals surface area contributed by atoms with E-state index in [2.05, 4.69) is 4.90 Å². The maximum atomic E-state index is 13.8. The van der Waals surface area contributed by atoms with Gasteiger partial charge < -0.3 is 14.7 Å². The third kappa shape index (κ3) is 3.95. The van der Waals surface area contributed by atoms with Gasteiger partial charge in [-0.05, 0) is 68.7 Å². The van der Waals surface area contributed by atoms with Crippen LogP contribution in [0.25, 0.3) is 0 Å². The highest BCUT2D eigenvalue weighted by Crippen LogP contribution is 2.42. The largest absolute Gasteiger partial charge is 0.395 e. The smallest absolute Gasteiger partial charge is 0.253 e. The summed E-state index contributed by atoms with van der Waals surface area (Å²) in [6.07, 6.45) is 5.36. The van der Waals surface area contributed by atoms with E-state index in [9.17, 15) is 14.3 Å². The molecule has 2 atom stereocenters. The Labute approximate surface area is 166 Å². The summed E-state index contributed by atoms with van der Waals surface area (Å²) in [5.41, 5.74) is 1.16. The van der Waals surface area contributed by atoms with E-state index in [4.69, 9.17) is 4.74 Å². The molecule has 1 spiro atoms. The van der Waals surface area contributed by atoms with E-state index in [-0.39, 0.29) is 35.9 Å². The molecule has 1 aromatic carbocycles. The number of halogens is 1. The second-order valence-corrected chi connectivity index (χ2v) is 8.87. The molecule has 3 aliphatic rings. The average molecular weight is 390 g/mol. The molecule has 0 aliphatic carbocycles. The Balaban J connectivity index is 1.31. The molecule has 3 fully saturated rings. The van der Waals surface area contributed by atoms with Gasteiger partial charge in [0.2, 0.25) is 0 Å². The van der Waals surface area contributed by atoms with Crippen molar-refractivity contribution in [2.24, 2.45) is 5.41 Å². The number of carbonyl (C=O) groups is 1. The van der Waals surface area contributed by atoms with Crippen LogP contribution < -0.4 is 0 Å². The molecule has 0 unspecified atom stereocenters. The summed E-state index contributed by atoms with van der Waals surface area (Å²) in [6.45, 7) is 6.05. The van der Waals surface area contributed by atoms with Crippen LogP contribution in [0.2, 0.25) is 0 Å². The fraction of sp³-hybridized carbons (Fsp3) is 0.682. The Morgan fingerprint density at radius 3 is 2.82 bits per heavy atom. The van der Waals surface area contributed by atoms with E-state index in [1.54, 1.807) is 19.1 Å². The van der Waals surface area contributed by atoms with Gasteiger partial charge in [-0.15, -0.1) is 0 Å². The standard InChI is InChI=1S/C22H31FN2O3/c1-16-4-5-17(11-20(16)23)21(27)24-9-6-22(7-10-24)12-19(28-15-22)13-25-8-2-3-18(25)14-26/h4-5,11,18-19,26H,2-3,6-10,12-15H2,1H3/t18-,19+/m0/s1. The van der Waals surface area contributed by atoms with Crippen LogP contribution in [0.5, 0.6) is 0 Å². The Morgan fingerprint density at radius 1 is 1.32 bits per heavy atom. The molecule has 0 aromatic heterocycles. The average Bonchev–Trinajstić information content (AvgIpc) is 3.31. The molecule has 3 heterocycles. The van der Waals surface area contributed by atoms with Crippen molar-refractivity contribution in [2.75, 3.05) is 39.4 Å². The topological polar surface area (TPSA) is 53.0 Å². The molecule has 4 rings (SSSR count). The van der Waals surface area contributed by atoms with Crippen molar-refractivity contribution < 1.29 is 19.0 Å². The van der Waals surface area contributed by atoms with Crippen molar-refractivity contribution in [2.45, 2.75) is 51.2 Å². The number of aryl methyl sites for hydroxylation is 1. The van der Waals surface area contributed by atoms with E-state index in [1.165, 1.54) is 6.07 Å². The lowest BCUT2D eigenvalue weighted by Crippen LogP contribution is -2.44. The van der Waals surface area contributed by atoms with Gasteiger partial charge in [0.1, 0.15) is 5.82 Å². The molecule has 1 N–H and O–H groups in total. The number of ether oxygens (including phenoxy) is 1. The normalized spacial score (nSPS) is 27.6. The summed E-state index contributed by atoms with van der Waals surface area (Å²) in [5.74, 6) is -0.401. The SMILES string of the molecule is Cc1ccc(C(=O)N2CCC3(CC2)CO[C@@H](CN2CCC[C@H]2CO)C3)cc1F. The first kappa shape index (κ1) is 19.8. The van der Waals surface area contributed by atoms with Crippen LogP contribution in [0.3, 0.4) is 0 Å². The lowest BCUT2D eigenvalue weighted by atomic mass is 9.76. The lowest BCUT2D eigenvalue weighted by molar-refractivity contribution is 0.0401. The predicted octanol–water partition coefficient (Wildman–Crippen LogP) is 2.60. The third-order valence-electron chi connectivity index (χ3n) is 6.96. The van der Waals surface area contributed by atoms with Gasteiger partial charge in [0, 0.05) is 31.2 Å². The van der Waals surface area contributed by atoms with Crippen LogP contribution >= 0.6 is 0 Å². The van der Waals surface area contributed by atoms with Gasteiger partial charge in [0.15, 0.2) is 0 Å². The van der Waals surface area contributed by atoms with Crippen LogP contribution in [0.15, 0.2) is 18.2 Å². The fourth-order valence-corrected chi connectivity index (χ4v) is 5.06. The molecule has 28 heavy (non-hydrogen) atoms. The second-order valence-electron chi connectivity index (χ2n) is 8.87. The molecular formula is C22H31FN2O3. The van der Waals surface area contributed by atoms with E-state index < -0.39 is 0 Å². The van der Waals surface area contributed by atoms with Gasteiger partial charge in [0.25, 0.3) is 5.91 Å². The predicted molar refractivity (Wildman–Crippen MR) is 105 cm³/mol. The molecule has 3 aliphatic heterocycles. The minimum absolute atomic E-state index is 0.0768. The first-order chi connectivity index (χ1) is 13.5. The van der Waals surface area contributed by atoms with Gasteiger partial charge in [-0.1, -0.05) is 6.07 Å². The Morgan fingerprint density at radius 2 is 2.11 bits per heavy atom. The van der Waals surface area contributed by atoms with Crippen molar-refractivity contribution in [1.82, 2.24) is 9.80 Å². The molecular weight excluding hydrogens is 359 g/mol. The van der Waals surface area contributed by atoms with E-state index in [1.807, 2.05) is 4.90 Å². The Bertz CT molecular complexity index is 718. The number of carbonyl (C=O) groups excluding carboxylic acids is 1. The maximum Gasteiger partial charge on any atom is 0.253 e. The number of hydrogen-bond acceptors (Lipinski definition) is 4. The summed E-state index contributed by atoms with van der Waals surface area (Å²) in [4.78, 5) is 16.9. The molecule has 154 valence electrons. The molecule has 6 heteroatoms. The van der Waals surface area contributed by atoms with E-state index >= 15 is 0 Å². The van der Waals surface area contributed by atoms with Crippen molar-refractivity contribution >= 4 is 5.91 Å². The van der Waals surface area contributed by atoms with Crippen molar-refractivity contribution in [1.29, 1.82) is 0 Å². The molecule has 0 radical (unpaired) electrons. The first-order valence-corrected chi connectivity index (χ1v) is 10.5. The highest BCUT2D eigenvalue weighted by Gasteiger charge is 2.44. The summed E-state index contributed by atoms with van der Waals surface area (Å²) >= 11 is 0. The summed E-state index contributed by atoms with van der Waals surface area (Å²) in [5, 5.41) is 9.52. The number of aliphatic hydroxyl groups excluding tert-OH is 1. The molecule has 1 amide bonds. The highest BCUT2D eigenvalue weighted by molar-refractivity contribution is 5.94. The zero-order chi connectivity index (χ0) is 19.7. The highest BCUT2D eigenvalue weighted by atomic mass is 19.1. The zero-order valence-electron chi connectivity index (χ0n) is 16.7. The summed E-state index contributed by atoms with van der Waals surface area (Å²) in [6, 6.07) is 5.02. The summed E-state index contributed by atoms with van der Waals surface area (Å²) < 4.78 is 19.9. The van der Waals surface area contributed by atoms with Gasteiger partial charge in [-0.2, -0.15) is 0 Å². The van der Waals surface area contributed by atoms with Crippen LogP contribution in [-0.4, -0.2) is 72.4 Å². The van der Waals surface area contributed by atoms with Gasteiger partial charge >= 0.3 is 0 Å². The van der Waals surface area contributed by atoms with Gasteiger partial charge in [-0.25, -0.2) is 4.39 Å². The van der Waals surface area contributed by atoms with Crippen molar-refractivity contribution in [3.63, 3.8) is 0 Å². The van der Waals surface area contributed by atoms with Gasteiger partial charge in [-0.3, -0.25) is 9.69 Å². The summed E-state index contributed by atoms with van der Waals surface area (Å²) in [7, 11) is 0. The first-order valence-electron chi connectivity index (χ1n) is 10.5. The molecule has 5 nitrogen and oxygen atoms in total. The fourth-order valence-electron chi connectivity index (χ4n) is 5.06. The van der Waals surface area contributed by atoms with Gasteiger partial charge in [0.05, 0.1) is 19.3 Å². The number of aliphatic hydroxyl groups is 1. The van der Waals surface area contributed by atoms with E-state index in [0.29, 0.717) is 24.2 Å². The number of nitrogens with zero attached hydrogens (tertiary/aromatic N) is 2. The quantitative estimate of drug-likeness (QED) is 0.859. The molecule has 0 saturated carbocycles. The number of piperidine rings is 1. The van der Waals surface area contributed by atoms with Crippen molar-refractivity contribution in [3.8, 4) is 0 Å². The maximum absolute atomic E-state index is 13.8. The number of likely N-dealkylation sites (tertiary alicyclic amines) is 2. The lowest BCUT2D eigenvalue weighted by Gasteiger charge is -2.38. The van der Waals surface area contributed by atoms with Crippen LogP contribution in [0.1, 0.15) is 48.0 Å². The third-order valence-corrected chi connectivity index (χ3v) is 6.96. The van der Waals surface area contributed by atoms with Crippen molar-refractivity contribution in [3.05, 3.63) is 35.1 Å². The molecule has 0 bridgehead atoms. The molecule has 3 saturated heterocycles. The Kier molecular flexibility index (Phi) is 5.72. The Hall–Kier alpha value is -1.50. The van der Waals surface area contributed by atoms with Crippen LogP contribution in [0, 0.1) is 18.2 Å². The van der Waals surface area contributed by atoms with Crippen LogP contribution in [-0.2, 0) is 4.74 Å². The second kappa shape index (κ2) is 8.09. The monoisotopic (exact) mass is 390 g/mol. The number of rotatable bonds is 4. The molecule has 1 aromatic rings.